The molecule has 1 aliphatic heterocycles. The first-order valence-corrected chi connectivity index (χ1v) is 6.26. The van der Waals surface area contributed by atoms with Gasteiger partial charge in [-0.1, -0.05) is 0 Å². The lowest BCUT2D eigenvalue weighted by molar-refractivity contribution is -0.127. The Balaban J connectivity index is 2.15. The van der Waals surface area contributed by atoms with Crippen molar-refractivity contribution < 1.29 is 14.7 Å². The first-order valence-electron chi connectivity index (χ1n) is 5.38. The predicted octanol–water partition coefficient (Wildman–Crippen LogP) is 1.11. The monoisotopic (exact) mass is 254 g/mol. The van der Waals surface area contributed by atoms with Crippen molar-refractivity contribution in [3.05, 3.63) is 16.3 Å². The molecule has 1 aromatic rings. The molecule has 6 heteroatoms. The average Bonchev–Trinajstić information content (AvgIpc) is 2.70. The maximum Gasteiger partial charge on any atom is 0.345 e. The zero-order valence-electron chi connectivity index (χ0n) is 9.55. The van der Waals surface area contributed by atoms with Gasteiger partial charge in [0.2, 0.25) is 5.91 Å². The van der Waals surface area contributed by atoms with Gasteiger partial charge >= 0.3 is 5.97 Å². The highest BCUT2D eigenvalue weighted by atomic mass is 32.1. The predicted molar refractivity (Wildman–Crippen MR) is 65.7 cm³/mol. The van der Waals surface area contributed by atoms with Crippen LogP contribution in [0.2, 0.25) is 0 Å². The summed E-state index contributed by atoms with van der Waals surface area (Å²) in [5.74, 6) is -0.843. The van der Waals surface area contributed by atoms with Crippen molar-refractivity contribution in [3.63, 3.8) is 0 Å². The number of carboxylic acid groups (broad SMARTS) is 1. The summed E-state index contributed by atoms with van der Waals surface area (Å²) in [4.78, 5) is 26.5. The Morgan fingerprint density at radius 1 is 1.47 bits per heavy atom. The summed E-state index contributed by atoms with van der Waals surface area (Å²) in [5, 5.41) is 10.7. The summed E-state index contributed by atoms with van der Waals surface area (Å²) in [6, 6.07) is 1.63. The molecule has 1 N–H and O–H groups in total. The summed E-state index contributed by atoms with van der Waals surface area (Å²) in [5.41, 5.74) is 0.830. The molecule has 0 radical (unpaired) electrons. The van der Waals surface area contributed by atoms with E-state index in [4.69, 9.17) is 5.11 Å². The lowest BCUT2D eigenvalue weighted by Gasteiger charge is -2.20. The van der Waals surface area contributed by atoms with Gasteiger partial charge in [0.15, 0.2) is 0 Å². The van der Waals surface area contributed by atoms with Crippen molar-refractivity contribution >= 4 is 28.9 Å². The summed E-state index contributed by atoms with van der Waals surface area (Å²) in [6.07, 6.45) is 0.903. The number of anilines is 1. The van der Waals surface area contributed by atoms with Crippen LogP contribution in [0, 0.1) is 0 Å². The Morgan fingerprint density at radius 2 is 2.24 bits per heavy atom. The molecule has 17 heavy (non-hydrogen) atoms. The molecule has 0 atom stereocenters. The highest BCUT2D eigenvalue weighted by Crippen LogP contribution is 2.24. The quantitative estimate of drug-likeness (QED) is 0.859. The highest BCUT2D eigenvalue weighted by molar-refractivity contribution is 7.12. The van der Waals surface area contributed by atoms with Gasteiger partial charge in [0, 0.05) is 31.2 Å². The van der Waals surface area contributed by atoms with Crippen LogP contribution in [0.3, 0.4) is 0 Å². The van der Waals surface area contributed by atoms with Crippen LogP contribution in [-0.2, 0) is 4.79 Å². The number of amides is 1. The minimum atomic E-state index is -0.917. The number of aromatic carboxylic acids is 1. The number of carbonyl (C=O) groups excluding carboxylic acids is 1. The van der Waals surface area contributed by atoms with Crippen molar-refractivity contribution in [2.24, 2.45) is 0 Å². The first kappa shape index (κ1) is 11.9. The van der Waals surface area contributed by atoms with Crippen LogP contribution < -0.4 is 4.90 Å². The molecule has 0 unspecified atom stereocenters. The molecule has 92 valence electrons. The number of rotatable bonds is 2. The second kappa shape index (κ2) is 4.75. The van der Waals surface area contributed by atoms with Gasteiger partial charge in [0.05, 0.1) is 6.54 Å². The number of carbonyl (C=O) groups is 2. The molecule has 1 aromatic heterocycles. The largest absolute Gasteiger partial charge is 0.477 e. The molecule has 5 nitrogen and oxygen atoms in total. The van der Waals surface area contributed by atoms with E-state index < -0.39 is 5.97 Å². The fourth-order valence-electron chi connectivity index (χ4n) is 1.81. The maximum absolute atomic E-state index is 11.7. The van der Waals surface area contributed by atoms with Crippen LogP contribution in [0.25, 0.3) is 0 Å². The minimum absolute atomic E-state index is 0.0746. The van der Waals surface area contributed by atoms with Gasteiger partial charge < -0.3 is 14.9 Å². The molecular weight excluding hydrogens is 240 g/mol. The summed E-state index contributed by atoms with van der Waals surface area (Å²) in [6.45, 7) is 1.86. The molecule has 1 aliphatic rings. The van der Waals surface area contributed by atoms with Gasteiger partial charge in [0.25, 0.3) is 0 Å². The second-order valence-electron chi connectivity index (χ2n) is 4.06. The van der Waals surface area contributed by atoms with Crippen LogP contribution in [-0.4, -0.2) is 48.6 Å². The van der Waals surface area contributed by atoms with E-state index in [1.807, 2.05) is 4.90 Å². The summed E-state index contributed by atoms with van der Waals surface area (Å²) < 4.78 is 0. The van der Waals surface area contributed by atoms with E-state index in [9.17, 15) is 9.59 Å². The highest BCUT2D eigenvalue weighted by Gasteiger charge is 2.20. The Labute approximate surface area is 103 Å². The SMILES string of the molecule is CN1CCCN(c2csc(C(=O)O)c2)CC1=O. The molecule has 1 fully saturated rings. The zero-order chi connectivity index (χ0) is 12.4. The smallest absolute Gasteiger partial charge is 0.345 e. The van der Waals surface area contributed by atoms with Crippen LogP contribution in [0.5, 0.6) is 0 Å². The van der Waals surface area contributed by atoms with Crippen LogP contribution in [0.1, 0.15) is 16.1 Å². The van der Waals surface area contributed by atoms with Crippen molar-refractivity contribution in [3.8, 4) is 0 Å². The molecule has 0 aromatic carbocycles. The third-order valence-electron chi connectivity index (χ3n) is 2.83. The second-order valence-corrected chi connectivity index (χ2v) is 4.98. The molecule has 2 rings (SSSR count). The van der Waals surface area contributed by atoms with E-state index in [2.05, 4.69) is 0 Å². The topological polar surface area (TPSA) is 60.9 Å². The Hall–Kier alpha value is -1.56. The van der Waals surface area contributed by atoms with Crippen molar-refractivity contribution in [2.75, 3.05) is 31.6 Å². The lowest BCUT2D eigenvalue weighted by Crippen LogP contribution is -2.34. The number of thiophene rings is 1. The third-order valence-corrected chi connectivity index (χ3v) is 3.74. The van der Waals surface area contributed by atoms with Crippen molar-refractivity contribution in [2.45, 2.75) is 6.42 Å². The van der Waals surface area contributed by atoms with Crippen molar-refractivity contribution in [1.82, 2.24) is 4.90 Å². The molecule has 0 aliphatic carbocycles. The van der Waals surface area contributed by atoms with Crippen molar-refractivity contribution in [1.29, 1.82) is 0 Å². The van der Waals surface area contributed by atoms with E-state index in [1.165, 1.54) is 11.3 Å². The third kappa shape index (κ3) is 2.58. The van der Waals surface area contributed by atoms with E-state index in [-0.39, 0.29) is 5.91 Å². The summed E-state index contributed by atoms with van der Waals surface area (Å²) in [7, 11) is 1.79. The van der Waals surface area contributed by atoms with Gasteiger partial charge in [-0.25, -0.2) is 4.79 Å². The molecule has 1 amide bonds. The van der Waals surface area contributed by atoms with E-state index >= 15 is 0 Å². The van der Waals surface area contributed by atoms with E-state index in [0.29, 0.717) is 11.4 Å². The average molecular weight is 254 g/mol. The number of nitrogens with zero attached hydrogens (tertiary/aromatic N) is 2. The van der Waals surface area contributed by atoms with Crippen LogP contribution in [0.4, 0.5) is 5.69 Å². The van der Waals surface area contributed by atoms with E-state index in [1.54, 1.807) is 23.4 Å². The Morgan fingerprint density at radius 3 is 2.88 bits per heavy atom. The molecule has 1 saturated heterocycles. The Kier molecular flexibility index (Phi) is 3.33. The van der Waals surface area contributed by atoms with E-state index in [0.717, 1.165) is 25.2 Å². The lowest BCUT2D eigenvalue weighted by atomic mass is 10.3. The number of carboxylic acids is 1. The molecule has 0 bridgehead atoms. The molecule has 2 heterocycles. The van der Waals surface area contributed by atoms with Gasteiger partial charge in [-0.2, -0.15) is 0 Å². The number of hydrogen-bond donors (Lipinski definition) is 1. The molecule has 0 spiro atoms. The molecular formula is C11H14N2O3S. The van der Waals surface area contributed by atoms with Crippen LogP contribution in [0.15, 0.2) is 11.4 Å². The van der Waals surface area contributed by atoms with Gasteiger partial charge in [-0.15, -0.1) is 11.3 Å². The number of hydrogen-bond acceptors (Lipinski definition) is 4. The normalized spacial score (nSPS) is 17.1. The number of likely N-dealkylation sites (N-methyl/N-ethyl adjacent to an activating group) is 1. The van der Waals surface area contributed by atoms with Crippen LogP contribution >= 0.6 is 11.3 Å². The fraction of sp³-hybridized carbons (Fsp3) is 0.455. The molecule has 0 saturated carbocycles. The van der Waals surface area contributed by atoms with Gasteiger partial charge in [0.1, 0.15) is 4.88 Å². The minimum Gasteiger partial charge on any atom is -0.477 e. The fourth-order valence-corrected chi connectivity index (χ4v) is 2.57. The Bertz CT molecular complexity index is 444. The first-order chi connectivity index (χ1) is 8.08. The zero-order valence-corrected chi connectivity index (χ0v) is 10.4. The maximum atomic E-state index is 11.7. The summed E-state index contributed by atoms with van der Waals surface area (Å²) >= 11 is 1.19. The van der Waals surface area contributed by atoms with Gasteiger partial charge in [-0.05, 0) is 12.5 Å². The van der Waals surface area contributed by atoms with Gasteiger partial charge in [-0.3, -0.25) is 4.79 Å². The standard InChI is InChI=1S/C11H14N2O3S/c1-12-3-2-4-13(6-10(12)14)8-5-9(11(15)16)17-7-8/h5,7H,2-4,6H2,1H3,(H,15,16).